The Labute approximate surface area is 157 Å². The number of carbonyl (C=O) groups excluding carboxylic acids is 1. The molecule has 0 aliphatic carbocycles. The number of aryl methyl sites for hydroxylation is 1. The van der Waals surface area contributed by atoms with Gasteiger partial charge in [0.25, 0.3) is 5.91 Å². The standard InChI is InChI=1S/C22H32N2O2/c1-5-6-9-14-23-22(25)21-13-12-20(26-21)16-24(17(2)3)15-19-11-8-7-10-18(19)4/h7-8,10-13,17H,5-6,9,14-16H2,1-4H3,(H,23,25). The van der Waals surface area contributed by atoms with E-state index in [4.69, 9.17) is 4.42 Å². The summed E-state index contributed by atoms with van der Waals surface area (Å²) in [7, 11) is 0. The maximum Gasteiger partial charge on any atom is 0.286 e. The van der Waals surface area contributed by atoms with Crippen molar-refractivity contribution in [1.29, 1.82) is 0 Å². The molecule has 0 saturated carbocycles. The number of amides is 1. The molecule has 2 aromatic rings. The topological polar surface area (TPSA) is 45.5 Å². The molecule has 4 nitrogen and oxygen atoms in total. The third-order valence-corrected chi connectivity index (χ3v) is 4.68. The Morgan fingerprint density at radius 2 is 1.88 bits per heavy atom. The zero-order chi connectivity index (χ0) is 18.9. The van der Waals surface area contributed by atoms with Crippen LogP contribution < -0.4 is 5.32 Å². The van der Waals surface area contributed by atoms with Crippen LogP contribution in [0.4, 0.5) is 0 Å². The number of benzene rings is 1. The summed E-state index contributed by atoms with van der Waals surface area (Å²) < 4.78 is 5.80. The first-order valence-electron chi connectivity index (χ1n) is 9.66. The van der Waals surface area contributed by atoms with Gasteiger partial charge in [-0.15, -0.1) is 0 Å². The van der Waals surface area contributed by atoms with Gasteiger partial charge in [0.15, 0.2) is 5.76 Å². The molecule has 1 aromatic carbocycles. The molecule has 142 valence electrons. The maximum atomic E-state index is 12.2. The van der Waals surface area contributed by atoms with Crippen molar-refractivity contribution >= 4 is 5.91 Å². The van der Waals surface area contributed by atoms with Crippen LogP contribution in [-0.4, -0.2) is 23.4 Å². The van der Waals surface area contributed by atoms with Gasteiger partial charge in [-0.05, 0) is 50.5 Å². The number of rotatable bonds is 10. The molecule has 4 heteroatoms. The van der Waals surface area contributed by atoms with Gasteiger partial charge in [-0.1, -0.05) is 44.0 Å². The minimum atomic E-state index is -0.123. The van der Waals surface area contributed by atoms with Crippen LogP contribution in [0.3, 0.4) is 0 Å². The van der Waals surface area contributed by atoms with Crippen LogP contribution >= 0.6 is 0 Å². The van der Waals surface area contributed by atoms with Gasteiger partial charge in [0.1, 0.15) is 5.76 Å². The summed E-state index contributed by atoms with van der Waals surface area (Å²) >= 11 is 0. The van der Waals surface area contributed by atoms with Gasteiger partial charge < -0.3 is 9.73 Å². The molecular weight excluding hydrogens is 324 g/mol. The summed E-state index contributed by atoms with van der Waals surface area (Å²) in [6, 6.07) is 12.5. The van der Waals surface area contributed by atoms with Crippen molar-refractivity contribution < 1.29 is 9.21 Å². The van der Waals surface area contributed by atoms with Crippen LogP contribution in [0.15, 0.2) is 40.8 Å². The minimum absolute atomic E-state index is 0.123. The molecule has 1 heterocycles. The van der Waals surface area contributed by atoms with E-state index in [0.717, 1.165) is 31.6 Å². The molecule has 1 amide bonds. The van der Waals surface area contributed by atoms with Crippen LogP contribution in [0, 0.1) is 6.92 Å². The average Bonchev–Trinajstić information content (AvgIpc) is 3.08. The lowest BCUT2D eigenvalue weighted by Gasteiger charge is -2.26. The average molecular weight is 357 g/mol. The van der Waals surface area contributed by atoms with E-state index in [1.165, 1.54) is 11.1 Å². The van der Waals surface area contributed by atoms with E-state index >= 15 is 0 Å². The smallest absolute Gasteiger partial charge is 0.286 e. The van der Waals surface area contributed by atoms with Crippen LogP contribution in [-0.2, 0) is 13.1 Å². The summed E-state index contributed by atoms with van der Waals surface area (Å²) in [4.78, 5) is 14.5. The van der Waals surface area contributed by atoms with Crippen molar-refractivity contribution in [3.05, 3.63) is 59.0 Å². The van der Waals surface area contributed by atoms with Gasteiger partial charge in [-0.25, -0.2) is 0 Å². The lowest BCUT2D eigenvalue weighted by Crippen LogP contribution is -2.30. The van der Waals surface area contributed by atoms with E-state index in [1.807, 2.05) is 6.07 Å². The second-order valence-corrected chi connectivity index (χ2v) is 7.15. The Balaban J connectivity index is 1.96. The van der Waals surface area contributed by atoms with E-state index in [2.05, 4.69) is 62.2 Å². The van der Waals surface area contributed by atoms with E-state index in [0.29, 0.717) is 24.9 Å². The fourth-order valence-corrected chi connectivity index (χ4v) is 2.88. The minimum Gasteiger partial charge on any atom is -0.455 e. The monoisotopic (exact) mass is 356 g/mol. The summed E-state index contributed by atoms with van der Waals surface area (Å²) in [6.45, 7) is 10.9. The van der Waals surface area contributed by atoms with Crippen LogP contribution in [0.1, 0.15) is 67.5 Å². The summed E-state index contributed by atoms with van der Waals surface area (Å²) in [5.74, 6) is 1.10. The lowest BCUT2D eigenvalue weighted by atomic mass is 10.1. The Bertz CT molecular complexity index is 691. The van der Waals surface area contributed by atoms with Gasteiger partial charge in [-0.3, -0.25) is 9.69 Å². The molecule has 1 N–H and O–H groups in total. The van der Waals surface area contributed by atoms with Crippen molar-refractivity contribution in [2.75, 3.05) is 6.54 Å². The van der Waals surface area contributed by atoms with E-state index in [1.54, 1.807) is 6.07 Å². The van der Waals surface area contributed by atoms with Gasteiger partial charge >= 0.3 is 0 Å². The molecular formula is C22H32N2O2. The molecule has 0 bridgehead atoms. The zero-order valence-corrected chi connectivity index (χ0v) is 16.5. The van der Waals surface area contributed by atoms with Gasteiger partial charge in [-0.2, -0.15) is 0 Å². The first-order valence-corrected chi connectivity index (χ1v) is 9.66. The Morgan fingerprint density at radius 3 is 2.58 bits per heavy atom. The highest BCUT2D eigenvalue weighted by Gasteiger charge is 2.16. The number of nitrogens with zero attached hydrogens (tertiary/aromatic N) is 1. The molecule has 0 spiro atoms. The van der Waals surface area contributed by atoms with Gasteiger partial charge in [0.2, 0.25) is 0 Å². The van der Waals surface area contributed by atoms with Crippen molar-refractivity contribution in [2.24, 2.45) is 0 Å². The second-order valence-electron chi connectivity index (χ2n) is 7.15. The number of nitrogens with one attached hydrogen (secondary N) is 1. The number of unbranched alkanes of at least 4 members (excludes halogenated alkanes) is 2. The second kappa shape index (κ2) is 10.2. The fourth-order valence-electron chi connectivity index (χ4n) is 2.88. The molecule has 0 saturated heterocycles. The molecule has 0 atom stereocenters. The van der Waals surface area contributed by atoms with Crippen molar-refractivity contribution in [3.63, 3.8) is 0 Å². The molecule has 26 heavy (non-hydrogen) atoms. The first-order chi connectivity index (χ1) is 12.5. The van der Waals surface area contributed by atoms with E-state index in [9.17, 15) is 4.79 Å². The third-order valence-electron chi connectivity index (χ3n) is 4.68. The Kier molecular flexibility index (Phi) is 7.92. The molecule has 0 radical (unpaired) electrons. The summed E-state index contributed by atoms with van der Waals surface area (Å²) in [5.41, 5.74) is 2.62. The molecule has 0 aliphatic rings. The van der Waals surface area contributed by atoms with Gasteiger partial charge in [0, 0.05) is 19.1 Å². The largest absolute Gasteiger partial charge is 0.455 e. The highest BCUT2D eigenvalue weighted by molar-refractivity contribution is 5.91. The lowest BCUT2D eigenvalue weighted by molar-refractivity contribution is 0.0920. The van der Waals surface area contributed by atoms with Crippen molar-refractivity contribution in [3.8, 4) is 0 Å². The van der Waals surface area contributed by atoms with E-state index in [-0.39, 0.29) is 5.91 Å². The Hall–Kier alpha value is -2.07. The van der Waals surface area contributed by atoms with E-state index < -0.39 is 0 Å². The normalized spacial score (nSPS) is 11.3. The van der Waals surface area contributed by atoms with Crippen LogP contribution in [0.5, 0.6) is 0 Å². The maximum absolute atomic E-state index is 12.2. The number of furan rings is 1. The molecule has 0 aliphatic heterocycles. The fraction of sp³-hybridized carbons (Fsp3) is 0.500. The highest BCUT2D eigenvalue weighted by Crippen LogP contribution is 2.17. The van der Waals surface area contributed by atoms with Crippen molar-refractivity contribution in [1.82, 2.24) is 10.2 Å². The molecule has 0 unspecified atom stereocenters. The first kappa shape index (κ1) is 20.2. The van der Waals surface area contributed by atoms with Gasteiger partial charge in [0.05, 0.1) is 6.54 Å². The van der Waals surface area contributed by atoms with Crippen molar-refractivity contribution in [2.45, 2.75) is 66.1 Å². The summed E-state index contributed by atoms with van der Waals surface area (Å²) in [6.07, 6.45) is 3.28. The molecule has 0 fully saturated rings. The quantitative estimate of drug-likeness (QED) is 0.615. The molecule has 1 aromatic heterocycles. The summed E-state index contributed by atoms with van der Waals surface area (Å²) in [5, 5.41) is 2.92. The highest BCUT2D eigenvalue weighted by atomic mass is 16.4. The van der Waals surface area contributed by atoms with Crippen LogP contribution in [0.25, 0.3) is 0 Å². The van der Waals surface area contributed by atoms with Crippen LogP contribution in [0.2, 0.25) is 0 Å². The number of carbonyl (C=O) groups is 1. The number of hydrogen-bond acceptors (Lipinski definition) is 3. The SMILES string of the molecule is CCCCCNC(=O)c1ccc(CN(Cc2ccccc2C)C(C)C)o1. The third kappa shape index (κ3) is 6.03. The predicted molar refractivity (Wildman–Crippen MR) is 106 cm³/mol. The predicted octanol–water partition coefficient (Wildman–Crippen LogP) is 4.92. The zero-order valence-electron chi connectivity index (χ0n) is 16.5. The Morgan fingerprint density at radius 1 is 1.12 bits per heavy atom. The molecule has 2 rings (SSSR count). The number of hydrogen-bond donors (Lipinski definition) is 1.